The number of nitrogens with one attached hydrogen (secondary N) is 2. The summed E-state index contributed by atoms with van der Waals surface area (Å²) < 4.78 is 0. The number of imide groups is 2. The first-order chi connectivity index (χ1) is 13.5. The molecule has 4 amide bonds. The first-order valence-corrected chi connectivity index (χ1v) is 9.09. The zero-order valence-corrected chi connectivity index (χ0v) is 15.3. The summed E-state index contributed by atoms with van der Waals surface area (Å²) in [6, 6.07) is 12.0. The number of amides is 4. The number of carbonyl (C=O) groups is 4. The van der Waals surface area contributed by atoms with Gasteiger partial charge in [0.05, 0.1) is 11.1 Å². The Hall–Kier alpha value is -3.48. The Morgan fingerprint density at radius 1 is 1.07 bits per heavy atom. The van der Waals surface area contributed by atoms with Gasteiger partial charge in [-0.25, -0.2) is 0 Å². The number of hydrogen-bond acceptors (Lipinski definition) is 5. The Bertz CT molecular complexity index is 1010. The normalized spacial score (nSPS) is 18.9. The number of aryl methyl sites for hydroxylation is 1. The zero-order chi connectivity index (χ0) is 19.8. The zero-order valence-electron chi connectivity index (χ0n) is 15.3. The lowest BCUT2D eigenvalue weighted by Gasteiger charge is -2.27. The molecule has 2 aromatic carbocycles. The molecule has 2 aliphatic heterocycles. The summed E-state index contributed by atoms with van der Waals surface area (Å²) in [6.45, 7) is 2.50. The second-order valence-corrected chi connectivity index (χ2v) is 7.02. The van der Waals surface area contributed by atoms with Crippen LogP contribution in [0.3, 0.4) is 0 Å². The van der Waals surface area contributed by atoms with Gasteiger partial charge in [-0.15, -0.1) is 0 Å². The third kappa shape index (κ3) is 3.05. The van der Waals surface area contributed by atoms with E-state index in [2.05, 4.69) is 10.6 Å². The Morgan fingerprint density at radius 3 is 2.61 bits per heavy atom. The molecular formula is C21H19N3O4. The smallest absolute Gasteiger partial charge is 0.264 e. The van der Waals surface area contributed by atoms with Crippen molar-refractivity contribution >= 4 is 29.3 Å². The fourth-order valence-corrected chi connectivity index (χ4v) is 3.68. The molecule has 142 valence electrons. The van der Waals surface area contributed by atoms with E-state index in [9.17, 15) is 19.2 Å². The summed E-state index contributed by atoms with van der Waals surface area (Å²) in [6.07, 6.45) is 0.241. The first-order valence-electron chi connectivity index (χ1n) is 9.09. The summed E-state index contributed by atoms with van der Waals surface area (Å²) in [4.78, 5) is 50.4. The number of rotatable bonds is 4. The average molecular weight is 377 g/mol. The number of nitrogens with zero attached hydrogens (tertiary/aromatic N) is 1. The van der Waals surface area contributed by atoms with Crippen LogP contribution in [0.5, 0.6) is 0 Å². The molecule has 2 N–H and O–H groups in total. The standard InChI is InChI=1S/C21H19N3O4/c1-12-4-2-5-13(10-12)11-22-15-7-3-6-14-18(15)21(28)24(20(14)27)16-8-9-17(25)23-19(16)26/h2-7,10,16,22H,8-9,11H2,1H3,(H,23,25,26). The first kappa shape index (κ1) is 17.9. The van der Waals surface area contributed by atoms with E-state index in [0.717, 1.165) is 16.0 Å². The van der Waals surface area contributed by atoms with E-state index in [1.807, 2.05) is 31.2 Å². The number of benzene rings is 2. The Kier molecular flexibility index (Phi) is 4.43. The van der Waals surface area contributed by atoms with Crippen LogP contribution >= 0.6 is 0 Å². The minimum absolute atomic E-state index is 0.0995. The van der Waals surface area contributed by atoms with Crippen LogP contribution in [0.15, 0.2) is 42.5 Å². The molecule has 1 saturated heterocycles. The average Bonchev–Trinajstić information content (AvgIpc) is 2.92. The van der Waals surface area contributed by atoms with Gasteiger partial charge >= 0.3 is 0 Å². The minimum Gasteiger partial charge on any atom is -0.380 e. The van der Waals surface area contributed by atoms with Crippen LogP contribution in [0.2, 0.25) is 0 Å². The molecule has 2 heterocycles. The molecule has 2 aliphatic rings. The molecule has 0 saturated carbocycles. The van der Waals surface area contributed by atoms with E-state index in [1.165, 1.54) is 0 Å². The van der Waals surface area contributed by atoms with E-state index in [0.29, 0.717) is 12.2 Å². The molecule has 1 atom stereocenters. The van der Waals surface area contributed by atoms with Gasteiger partial charge < -0.3 is 5.32 Å². The monoisotopic (exact) mass is 377 g/mol. The molecule has 4 rings (SSSR count). The van der Waals surface area contributed by atoms with Gasteiger partial charge in [-0.3, -0.25) is 29.4 Å². The maximum atomic E-state index is 13.0. The van der Waals surface area contributed by atoms with Crippen molar-refractivity contribution in [1.29, 1.82) is 0 Å². The minimum atomic E-state index is -0.963. The van der Waals surface area contributed by atoms with E-state index in [-0.39, 0.29) is 24.0 Å². The van der Waals surface area contributed by atoms with Crippen molar-refractivity contribution in [3.05, 3.63) is 64.7 Å². The van der Waals surface area contributed by atoms with E-state index >= 15 is 0 Å². The van der Waals surface area contributed by atoms with Crippen LogP contribution in [0, 0.1) is 6.92 Å². The van der Waals surface area contributed by atoms with Gasteiger partial charge in [0.1, 0.15) is 6.04 Å². The summed E-state index contributed by atoms with van der Waals surface area (Å²) in [5, 5.41) is 5.43. The fraction of sp³-hybridized carbons (Fsp3) is 0.238. The molecule has 1 fully saturated rings. The van der Waals surface area contributed by atoms with Crippen molar-refractivity contribution < 1.29 is 19.2 Å². The van der Waals surface area contributed by atoms with Crippen molar-refractivity contribution in [2.75, 3.05) is 5.32 Å². The summed E-state index contributed by atoms with van der Waals surface area (Å²) in [5.74, 6) is -2.02. The number of hydrogen-bond donors (Lipinski definition) is 2. The molecule has 0 aliphatic carbocycles. The van der Waals surface area contributed by atoms with Crippen molar-refractivity contribution in [3.63, 3.8) is 0 Å². The van der Waals surface area contributed by atoms with Crippen molar-refractivity contribution in [2.45, 2.75) is 32.4 Å². The highest BCUT2D eigenvalue weighted by Crippen LogP contribution is 2.32. The largest absolute Gasteiger partial charge is 0.380 e. The molecule has 0 spiro atoms. The van der Waals surface area contributed by atoms with Crippen LogP contribution in [-0.4, -0.2) is 34.6 Å². The van der Waals surface area contributed by atoms with Gasteiger partial charge in [0.2, 0.25) is 11.8 Å². The number of carbonyl (C=O) groups excluding carboxylic acids is 4. The van der Waals surface area contributed by atoms with E-state index < -0.39 is 29.7 Å². The fourth-order valence-electron chi connectivity index (χ4n) is 3.68. The van der Waals surface area contributed by atoms with Gasteiger partial charge in [-0.05, 0) is 31.0 Å². The van der Waals surface area contributed by atoms with E-state index in [4.69, 9.17) is 0 Å². The summed E-state index contributed by atoms with van der Waals surface area (Å²) in [7, 11) is 0. The second-order valence-electron chi connectivity index (χ2n) is 7.02. The van der Waals surface area contributed by atoms with Crippen LogP contribution in [0.4, 0.5) is 5.69 Å². The SMILES string of the molecule is Cc1cccc(CNc2cccc3c2C(=O)N(C2CCC(=O)NC2=O)C3=O)c1. The lowest BCUT2D eigenvalue weighted by Crippen LogP contribution is -2.54. The van der Waals surface area contributed by atoms with Gasteiger partial charge in [0, 0.05) is 18.7 Å². The molecular weight excluding hydrogens is 358 g/mol. The third-order valence-electron chi connectivity index (χ3n) is 5.03. The predicted molar refractivity (Wildman–Crippen MR) is 102 cm³/mol. The Morgan fingerprint density at radius 2 is 1.86 bits per heavy atom. The quantitative estimate of drug-likeness (QED) is 0.795. The van der Waals surface area contributed by atoms with Crippen LogP contribution in [0.25, 0.3) is 0 Å². The van der Waals surface area contributed by atoms with Crippen molar-refractivity contribution in [3.8, 4) is 0 Å². The van der Waals surface area contributed by atoms with Crippen molar-refractivity contribution in [1.82, 2.24) is 10.2 Å². The van der Waals surface area contributed by atoms with Gasteiger partial charge in [-0.1, -0.05) is 35.9 Å². The predicted octanol–water partition coefficient (Wildman–Crippen LogP) is 2.01. The van der Waals surface area contributed by atoms with Crippen LogP contribution in [-0.2, 0) is 16.1 Å². The Balaban J connectivity index is 1.61. The molecule has 7 nitrogen and oxygen atoms in total. The van der Waals surface area contributed by atoms with Gasteiger partial charge in [0.25, 0.3) is 11.8 Å². The summed E-state index contributed by atoms with van der Waals surface area (Å²) >= 11 is 0. The van der Waals surface area contributed by atoms with Gasteiger partial charge in [-0.2, -0.15) is 0 Å². The third-order valence-corrected chi connectivity index (χ3v) is 5.03. The highest BCUT2D eigenvalue weighted by molar-refractivity contribution is 6.25. The molecule has 28 heavy (non-hydrogen) atoms. The molecule has 7 heteroatoms. The molecule has 1 unspecified atom stereocenters. The maximum Gasteiger partial charge on any atom is 0.264 e. The van der Waals surface area contributed by atoms with Crippen LogP contribution < -0.4 is 10.6 Å². The lowest BCUT2D eigenvalue weighted by atomic mass is 10.0. The number of fused-ring (bicyclic) bond motifs is 1. The van der Waals surface area contributed by atoms with Gasteiger partial charge in [0.15, 0.2) is 0 Å². The van der Waals surface area contributed by atoms with E-state index in [1.54, 1.807) is 18.2 Å². The topological polar surface area (TPSA) is 95.6 Å². The molecule has 0 aromatic heterocycles. The Labute approximate surface area is 161 Å². The van der Waals surface area contributed by atoms with Crippen LogP contribution in [0.1, 0.15) is 44.7 Å². The van der Waals surface area contributed by atoms with Crippen molar-refractivity contribution in [2.24, 2.45) is 0 Å². The lowest BCUT2D eigenvalue weighted by molar-refractivity contribution is -0.136. The molecule has 0 bridgehead atoms. The number of anilines is 1. The number of piperidine rings is 1. The molecule has 0 radical (unpaired) electrons. The maximum absolute atomic E-state index is 13.0. The summed E-state index contributed by atoms with van der Waals surface area (Å²) in [5.41, 5.74) is 3.27. The second kappa shape index (κ2) is 6.92. The highest BCUT2D eigenvalue weighted by Gasteiger charge is 2.45. The molecule has 2 aromatic rings. The highest BCUT2D eigenvalue weighted by atomic mass is 16.2.